The van der Waals surface area contributed by atoms with Crippen LogP contribution >= 0.6 is 0 Å². The third-order valence-corrected chi connectivity index (χ3v) is 0.851. The third kappa shape index (κ3) is 7.46. The van der Waals surface area contributed by atoms with E-state index in [-0.39, 0.29) is 6.61 Å². The Labute approximate surface area is 55.6 Å². The Kier molecular flexibility index (Phi) is 7.01. The first-order valence-electron chi connectivity index (χ1n) is 3.11. The van der Waals surface area contributed by atoms with Crippen molar-refractivity contribution < 1.29 is 5.11 Å². The van der Waals surface area contributed by atoms with Crippen LogP contribution < -0.4 is 11.1 Å². The fourth-order valence-corrected chi connectivity index (χ4v) is 0.416. The number of nitrogens with two attached hydrogens (primary N) is 1. The normalized spacial score (nSPS) is 10.4. The Morgan fingerprint density at radius 2 is 2.33 bits per heavy atom. The van der Waals surface area contributed by atoms with Crippen LogP contribution in [0.5, 0.6) is 0 Å². The van der Waals surface area contributed by atoms with Gasteiger partial charge in [-0.3, -0.25) is 0 Å². The van der Waals surface area contributed by atoms with Crippen molar-refractivity contribution in [1.29, 1.82) is 0 Å². The highest BCUT2D eigenvalue weighted by Gasteiger charge is 1.77. The molecule has 0 saturated heterocycles. The molecular formula is C6H14N2O. The average molecular weight is 130 g/mol. The van der Waals surface area contributed by atoms with E-state index in [0.717, 1.165) is 13.0 Å². The first-order chi connectivity index (χ1) is 4.41. The summed E-state index contributed by atoms with van der Waals surface area (Å²) in [5, 5.41) is 11.3. The molecule has 9 heavy (non-hydrogen) atoms. The molecule has 0 aromatic carbocycles. The summed E-state index contributed by atoms with van der Waals surface area (Å²) in [6.45, 7) is 1.61. The lowest BCUT2D eigenvalue weighted by atomic mass is 10.4. The van der Waals surface area contributed by atoms with E-state index < -0.39 is 0 Å². The first-order valence-corrected chi connectivity index (χ1v) is 3.11. The predicted molar refractivity (Wildman–Crippen MR) is 37.9 cm³/mol. The highest BCUT2D eigenvalue weighted by atomic mass is 16.3. The molecule has 0 amide bonds. The van der Waals surface area contributed by atoms with Crippen molar-refractivity contribution in [2.24, 2.45) is 5.73 Å². The molecule has 0 spiro atoms. The van der Waals surface area contributed by atoms with Gasteiger partial charge in [0.2, 0.25) is 0 Å². The maximum atomic E-state index is 8.33. The van der Waals surface area contributed by atoms with E-state index in [4.69, 9.17) is 10.8 Å². The first kappa shape index (κ1) is 8.46. The monoisotopic (exact) mass is 130 g/mol. The molecule has 0 heterocycles. The van der Waals surface area contributed by atoms with Gasteiger partial charge in [-0.2, -0.15) is 0 Å². The van der Waals surface area contributed by atoms with E-state index in [1.54, 1.807) is 6.20 Å². The summed E-state index contributed by atoms with van der Waals surface area (Å²) in [6.07, 6.45) is 4.42. The van der Waals surface area contributed by atoms with E-state index in [0.29, 0.717) is 6.54 Å². The Hall–Kier alpha value is -0.540. The Balaban J connectivity index is 2.82. The van der Waals surface area contributed by atoms with Gasteiger partial charge in [-0.05, 0) is 12.6 Å². The smallest absolute Gasteiger partial charge is 0.0447 e. The fourth-order valence-electron chi connectivity index (χ4n) is 0.416. The topological polar surface area (TPSA) is 58.3 Å². The predicted octanol–water partition coefficient (Wildman–Crippen LogP) is -0.569. The van der Waals surface area contributed by atoms with Crippen LogP contribution in [-0.2, 0) is 0 Å². The Bertz CT molecular complexity index is 73.5. The van der Waals surface area contributed by atoms with E-state index >= 15 is 0 Å². The van der Waals surface area contributed by atoms with Gasteiger partial charge in [0.1, 0.15) is 0 Å². The summed E-state index contributed by atoms with van der Waals surface area (Å²) in [5.74, 6) is 0. The third-order valence-electron chi connectivity index (χ3n) is 0.851. The maximum Gasteiger partial charge on any atom is 0.0447 e. The van der Waals surface area contributed by atoms with Crippen LogP contribution in [0.4, 0.5) is 0 Å². The quantitative estimate of drug-likeness (QED) is 0.437. The van der Waals surface area contributed by atoms with Crippen LogP contribution in [0.1, 0.15) is 6.42 Å². The second-order valence-corrected chi connectivity index (χ2v) is 1.67. The van der Waals surface area contributed by atoms with Crippen molar-refractivity contribution in [1.82, 2.24) is 5.32 Å². The molecule has 0 saturated carbocycles. The van der Waals surface area contributed by atoms with Crippen molar-refractivity contribution >= 4 is 0 Å². The molecule has 0 bridgehead atoms. The van der Waals surface area contributed by atoms with E-state index in [1.807, 2.05) is 6.08 Å². The van der Waals surface area contributed by atoms with Gasteiger partial charge in [-0.1, -0.05) is 6.08 Å². The Morgan fingerprint density at radius 3 is 2.89 bits per heavy atom. The standard InChI is InChI=1S/C6H14N2O/c7-3-1-4-8-5-2-6-9/h1,4,8-9H,2-3,5-7H2/b4-1-. The summed E-state index contributed by atoms with van der Waals surface area (Å²) < 4.78 is 0. The molecule has 3 nitrogen and oxygen atoms in total. The van der Waals surface area contributed by atoms with Crippen molar-refractivity contribution in [2.75, 3.05) is 19.7 Å². The largest absolute Gasteiger partial charge is 0.396 e. The molecule has 0 aliphatic rings. The van der Waals surface area contributed by atoms with Crippen LogP contribution in [-0.4, -0.2) is 24.8 Å². The lowest BCUT2D eigenvalue weighted by Crippen LogP contribution is -2.09. The van der Waals surface area contributed by atoms with Crippen LogP contribution in [0, 0.1) is 0 Å². The molecular weight excluding hydrogens is 116 g/mol. The second kappa shape index (κ2) is 7.46. The van der Waals surface area contributed by atoms with E-state index in [9.17, 15) is 0 Å². The summed E-state index contributed by atoms with van der Waals surface area (Å²) in [5.41, 5.74) is 5.17. The lowest BCUT2D eigenvalue weighted by molar-refractivity contribution is 0.288. The van der Waals surface area contributed by atoms with Gasteiger partial charge < -0.3 is 16.2 Å². The van der Waals surface area contributed by atoms with Gasteiger partial charge in [0.05, 0.1) is 0 Å². The number of aliphatic hydroxyl groups is 1. The highest BCUT2D eigenvalue weighted by molar-refractivity contribution is 4.79. The van der Waals surface area contributed by atoms with Gasteiger partial charge in [0.15, 0.2) is 0 Å². The average Bonchev–Trinajstić information content (AvgIpc) is 1.89. The zero-order valence-corrected chi connectivity index (χ0v) is 5.51. The number of hydrogen-bond donors (Lipinski definition) is 3. The molecule has 0 rings (SSSR count). The van der Waals surface area contributed by atoms with Gasteiger partial charge in [-0.15, -0.1) is 0 Å². The molecule has 0 fully saturated rings. The van der Waals surface area contributed by atoms with Gasteiger partial charge >= 0.3 is 0 Å². The summed E-state index contributed by atoms with van der Waals surface area (Å²) in [7, 11) is 0. The van der Waals surface area contributed by atoms with Gasteiger partial charge in [0, 0.05) is 19.7 Å². The van der Waals surface area contributed by atoms with Crippen molar-refractivity contribution in [2.45, 2.75) is 6.42 Å². The van der Waals surface area contributed by atoms with E-state index in [2.05, 4.69) is 5.32 Å². The summed E-state index contributed by atoms with van der Waals surface area (Å²) in [6, 6.07) is 0. The number of aliphatic hydroxyl groups excluding tert-OH is 1. The highest BCUT2D eigenvalue weighted by Crippen LogP contribution is 1.70. The molecule has 0 aliphatic carbocycles. The van der Waals surface area contributed by atoms with Gasteiger partial charge in [-0.25, -0.2) is 0 Å². The minimum atomic E-state index is 0.240. The lowest BCUT2D eigenvalue weighted by Gasteiger charge is -1.95. The second-order valence-electron chi connectivity index (χ2n) is 1.67. The van der Waals surface area contributed by atoms with Crippen molar-refractivity contribution in [3.8, 4) is 0 Å². The number of nitrogens with one attached hydrogen (secondary N) is 1. The molecule has 0 aromatic heterocycles. The molecule has 54 valence electrons. The minimum absolute atomic E-state index is 0.240. The van der Waals surface area contributed by atoms with Crippen molar-refractivity contribution in [3.63, 3.8) is 0 Å². The van der Waals surface area contributed by atoms with Crippen molar-refractivity contribution in [3.05, 3.63) is 12.3 Å². The minimum Gasteiger partial charge on any atom is -0.396 e. The fraction of sp³-hybridized carbons (Fsp3) is 0.667. The maximum absolute atomic E-state index is 8.33. The zero-order valence-electron chi connectivity index (χ0n) is 5.51. The SMILES string of the molecule is NC/C=C\NCCCO. The van der Waals surface area contributed by atoms with Crippen LogP contribution in [0.15, 0.2) is 12.3 Å². The van der Waals surface area contributed by atoms with Crippen LogP contribution in [0.25, 0.3) is 0 Å². The number of hydrogen-bond acceptors (Lipinski definition) is 3. The molecule has 0 unspecified atom stereocenters. The van der Waals surface area contributed by atoms with Crippen LogP contribution in [0.2, 0.25) is 0 Å². The molecule has 3 heteroatoms. The summed E-state index contributed by atoms with van der Waals surface area (Å²) >= 11 is 0. The number of rotatable bonds is 5. The molecule has 0 aliphatic heterocycles. The molecule has 0 aromatic rings. The molecule has 4 N–H and O–H groups in total. The summed E-state index contributed by atoms with van der Waals surface area (Å²) in [4.78, 5) is 0. The van der Waals surface area contributed by atoms with Crippen LogP contribution in [0.3, 0.4) is 0 Å². The molecule has 0 radical (unpaired) electrons. The van der Waals surface area contributed by atoms with E-state index in [1.165, 1.54) is 0 Å². The Morgan fingerprint density at radius 1 is 1.56 bits per heavy atom. The zero-order chi connectivity index (χ0) is 6.95. The van der Waals surface area contributed by atoms with Gasteiger partial charge in [0.25, 0.3) is 0 Å². The molecule has 0 atom stereocenters.